The lowest BCUT2D eigenvalue weighted by Gasteiger charge is -2.29. The normalized spacial score (nSPS) is 13.3. The molecule has 1 aliphatic rings. The molecule has 3 aromatic rings. The molecular formula is C20H20N4O2S. The largest absolute Gasteiger partial charge is 0.495 e. The van der Waals surface area contributed by atoms with Crippen LogP contribution in [0.15, 0.2) is 60.0 Å². The highest BCUT2D eigenvalue weighted by atomic mass is 32.2. The molecule has 0 aliphatic carbocycles. The van der Waals surface area contributed by atoms with Crippen molar-refractivity contribution in [2.75, 3.05) is 24.3 Å². The minimum absolute atomic E-state index is 0.0849. The van der Waals surface area contributed by atoms with Crippen LogP contribution in [-0.4, -0.2) is 40.1 Å². The van der Waals surface area contributed by atoms with E-state index in [9.17, 15) is 4.79 Å². The van der Waals surface area contributed by atoms with Crippen molar-refractivity contribution in [1.82, 2.24) is 14.8 Å². The van der Waals surface area contributed by atoms with Gasteiger partial charge in [-0.05, 0) is 36.6 Å². The molecule has 1 aliphatic heterocycles. The third-order valence-electron chi connectivity index (χ3n) is 4.60. The van der Waals surface area contributed by atoms with Crippen LogP contribution >= 0.6 is 11.8 Å². The molecule has 0 N–H and O–H groups in total. The molecule has 0 atom stereocenters. The summed E-state index contributed by atoms with van der Waals surface area (Å²) in [6.07, 6.45) is 3.65. The van der Waals surface area contributed by atoms with Crippen LogP contribution in [0.2, 0.25) is 0 Å². The summed E-state index contributed by atoms with van der Waals surface area (Å²) in [4.78, 5) is 14.7. The van der Waals surface area contributed by atoms with Crippen LogP contribution in [0.25, 0.3) is 5.69 Å². The predicted molar refractivity (Wildman–Crippen MR) is 106 cm³/mol. The van der Waals surface area contributed by atoms with E-state index < -0.39 is 0 Å². The van der Waals surface area contributed by atoms with Gasteiger partial charge in [0.15, 0.2) is 5.16 Å². The standard InChI is InChI=1S/C20H20N4O2S/c1-26-18-11-5-4-10-17(18)24-14-21-22-20(24)27-13-19(25)23-12-6-8-15-7-2-3-9-16(15)23/h2-5,7,9-11,14H,6,8,12-13H2,1H3. The van der Waals surface area contributed by atoms with E-state index >= 15 is 0 Å². The molecule has 1 amide bonds. The molecule has 27 heavy (non-hydrogen) atoms. The number of thioether (sulfide) groups is 1. The van der Waals surface area contributed by atoms with Crippen molar-refractivity contribution in [3.63, 3.8) is 0 Å². The van der Waals surface area contributed by atoms with Crippen LogP contribution in [0.5, 0.6) is 5.75 Å². The van der Waals surface area contributed by atoms with E-state index in [1.54, 1.807) is 13.4 Å². The molecule has 7 heteroatoms. The Labute approximate surface area is 162 Å². The van der Waals surface area contributed by atoms with Crippen molar-refractivity contribution in [2.24, 2.45) is 0 Å². The van der Waals surface area contributed by atoms with Crippen LogP contribution in [0.4, 0.5) is 5.69 Å². The number of fused-ring (bicyclic) bond motifs is 1. The van der Waals surface area contributed by atoms with Gasteiger partial charge in [-0.1, -0.05) is 42.1 Å². The fraction of sp³-hybridized carbons (Fsp3) is 0.250. The summed E-state index contributed by atoms with van der Waals surface area (Å²) in [5.41, 5.74) is 3.11. The van der Waals surface area contributed by atoms with E-state index in [1.807, 2.05) is 51.9 Å². The number of rotatable bonds is 5. The molecule has 2 aromatic carbocycles. The highest BCUT2D eigenvalue weighted by molar-refractivity contribution is 7.99. The second-order valence-electron chi connectivity index (χ2n) is 6.22. The molecule has 1 aromatic heterocycles. The molecule has 0 saturated carbocycles. The Morgan fingerprint density at radius 1 is 1.15 bits per heavy atom. The van der Waals surface area contributed by atoms with E-state index in [0.29, 0.717) is 10.9 Å². The van der Waals surface area contributed by atoms with Gasteiger partial charge in [-0.3, -0.25) is 9.36 Å². The maximum atomic E-state index is 12.8. The van der Waals surface area contributed by atoms with Crippen LogP contribution in [0.3, 0.4) is 0 Å². The summed E-state index contributed by atoms with van der Waals surface area (Å²) >= 11 is 1.39. The minimum atomic E-state index is 0.0849. The average Bonchev–Trinajstić information content (AvgIpc) is 3.20. The van der Waals surface area contributed by atoms with E-state index in [4.69, 9.17) is 4.74 Å². The van der Waals surface area contributed by atoms with E-state index in [0.717, 1.165) is 36.5 Å². The van der Waals surface area contributed by atoms with Gasteiger partial charge < -0.3 is 9.64 Å². The Kier molecular flexibility index (Phi) is 5.11. The monoisotopic (exact) mass is 380 g/mol. The lowest BCUT2D eigenvalue weighted by atomic mass is 10.0. The number of benzene rings is 2. The first kappa shape index (κ1) is 17.6. The molecule has 6 nitrogen and oxygen atoms in total. The number of anilines is 1. The van der Waals surface area contributed by atoms with Gasteiger partial charge in [-0.2, -0.15) is 0 Å². The summed E-state index contributed by atoms with van der Waals surface area (Å²) < 4.78 is 7.27. The molecular weight excluding hydrogens is 360 g/mol. The summed E-state index contributed by atoms with van der Waals surface area (Å²) in [6.45, 7) is 0.760. The summed E-state index contributed by atoms with van der Waals surface area (Å²) in [5, 5.41) is 8.86. The van der Waals surface area contributed by atoms with Gasteiger partial charge in [-0.25, -0.2) is 0 Å². The third-order valence-corrected chi connectivity index (χ3v) is 5.53. The molecule has 4 rings (SSSR count). The van der Waals surface area contributed by atoms with Gasteiger partial charge in [0.05, 0.1) is 18.6 Å². The highest BCUT2D eigenvalue weighted by Crippen LogP contribution is 2.29. The number of nitrogens with zero attached hydrogens (tertiary/aromatic N) is 4. The topological polar surface area (TPSA) is 60.2 Å². The molecule has 0 spiro atoms. The van der Waals surface area contributed by atoms with Crippen LogP contribution in [-0.2, 0) is 11.2 Å². The number of hydrogen-bond donors (Lipinski definition) is 0. The van der Waals surface area contributed by atoms with Crippen molar-refractivity contribution in [1.29, 1.82) is 0 Å². The first-order valence-corrected chi connectivity index (χ1v) is 9.81. The minimum Gasteiger partial charge on any atom is -0.495 e. The van der Waals surface area contributed by atoms with Crippen molar-refractivity contribution in [2.45, 2.75) is 18.0 Å². The van der Waals surface area contributed by atoms with Crippen molar-refractivity contribution < 1.29 is 9.53 Å². The van der Waals surface area contributed by atoms with Crippen molar-refractivity contribution in [3.05, 3.63) is 60.4 Å². The van der Waals surface area contributed by atoms with Gasteiger partial charge >= 0.3 is 0 Å². The maximum absolute atomic E-state index is 12.8. The number of carbonyl (C=O) groups excluding carboxylic acids is 1. The SMILES string of the molecule is COc1ccccc1-n1cnnc1SCC(=O)N1CCCc2ccccc21. The lowest BCUT2D eigenvalue weighted by molar-refractivity contribution is -0.116. The summed E-state index contributed by atoms with van der Waals surface area (Å²) in [7, 11) is 1.63. The van der Waals surface area contributed by atoms with Gasteiger partial charge in [0, 0.05) is 12.2 Å². The van der Waals surface area contributed by atoms with Gasteiger partial charge in [0.2, 0.25) is 5.91 Å². The Morgan fingerprint density at radius 3 is 2.78 bits per heavy atom. The molecule has 0 bridgehead atoms. The zero-order valence-corrected chi connectivity index (χ0v) is 15.9. The quantitative estimate of drug-likeness (QED) is 0.636. The molecule has 0 unspecified atom stereocenters. The van der Waals surface area contributed by atoms with Crippen LogP contribution < -0.4 is 9.64 Å². The van der Waals surface area contributed by atoms with Crippen molar-refractivity contribution >= 4 is 23.4 Å². The van der Waals surface area contributed by atoms with Gasteiger partial charge in [-0.15, -0.1) is 10.2 Å². The van der Waals surface area contributed by atoms with Crippen LogP contribution in [0, 0.1) is 0 Å². The van der Waals surface area contributed by atoms with E-state index in [2.05, 4.69) is 16.3 Å². The number of para-hydroxylation sites is 3. The number of methoxy groups -OCH3 is 1. The smallest absolute Gasteiger partial charge is 0.237 e. The Bertz CT molecular complexity index is 956. The second kappa shape index (κ2) is 7.84. The molecule has 2 heterocycles. The second-order valence-corrected chi connectivity index (χ2v) is 7.16. The number of aromatic nitrogens is 3. The zero-order valence-electron chi connectivity index (χ0n) is 15.0. The molecule has 0 fully saturated rings. The fourth-order valence-corrected chi connectivity index (χ4v) is 4.11. The Morgan fingerprint density at radius 2 is 1.93 bits per heavy atom. The third kappa shape index (κ3) is 3.55. The fourth-order valence-electron chi connectivity index (χ4n) is 3.31. The first-order chi connectivity index (χ1) is 13.3. The summed E-state index contributed by atoms with van der Waals surface area (Å²) in [6, 6.07) is 15.8. The Balaban J connectivity index is 1.51. The first-order valence-electron chi connectivity index (χ1n) is 8.82. The van der Waals surface area contributed by atoms with Crippen LogP contribution in [0.1, 0.15) is 12.0 Å². The lowest BCUT2D eigenvalue weighted by Crippen LogP contribution is -2.36. The predicted octanol–water partition coefficient (Wildman–Crippen LogP) is 3.35. The van der Waals surface area contributed by atoms with E-state index in [-0.39, 0.29) is 5.91 Å². The van der Waals surface area contributed by atoms with Gasteiger partial charge in [0.25, 0.3) is 0 Å². The Hall–Kier alpha value is -2.80. The number of carbonyl (C=O) groups is 1. The molecule has 138 valence electrons. The average molecular weight is 380 g/mol. The highest BCUT2D eigenvalue weighted by Gasteiger charge is 2.23. The number of ether oxygens (including phenoxy) is 1. The van der Waals surface area contributed by atoms with Crippen molar-refractivity contribution in [3.8, 4) is 11.4 Å². The number of aryl methyl sites for hydroxylation is 1. The summed E-state index contributed by atoms with van der Waals surface area (Å²) in [5.74, 6) is 1.12. The van der Waals surface area contributed by atoms with Gasteiger partial charge in [0.1, 0.15) is 12.1 Å². The maximum Gasteiger partial charge on any atom is 0.237 e. The molecule has 0 saturated heterocycles. The van der Waals surface area contributed by atoms with E-state index in [1.165, 1.54) is 17.3 Å². The zero-order chi connectivity index (χ0) is 18.6. The molecule has 0 radical (unpaired) electrons. The number of hydrogen-bond acceptors (Lipinski definition) is 5. The number of amides is 1.